The number of hydrogen-bond donors (Lipinski definition) is 2. The molecular formula is C15H17NO4S. The molecule has 0 aromatic heterocycles. The maximum absolute atomic E-state index is 12.1. The second kappa shape index (κ2) is 6.71. The van der Waals surface area contributed by atoms with Gasteiger partial charge in [-0.25, -0.2) is 13.1 Å². The summed E-state index contributed by atoms with van der Waals surface area (Å²) >= 11 is 0. The van der Waals surface area contributed by atoms with Crippen LogP contribution in [0.4, 0.5) is 0 Å². The number of sulfonamides is 1. The molecule has 2 N–H and O–H groups in total. The zero-order chi connectivity index (χ0) is 15.3. The molecule has 2 aromatic carbocycles. The van der Waals surface area contributed by atoms with Crippen molar-refractivity contribution in [3.8, 4) is 5.75 Å². The van der Waals surface area contributed by atoms with Crippen LogP contribution in [0.2, 0.25) is 0 Å². The van der Waals surface area contributed by atoms with Gasteiger partial charge in [0, 0.05) is 6.54 Å². The second-order valence-electron chi connectivity index (χ2n) is 4.47. The third-order valence-electron chi connectivity index (χ3n) is 3.04. The standard InChI is InChI=1S/C15H17NO4S/c1-20-14-6-2-12(3-7-14)10-16-21(18,19)15-8-4-13(11-17)5-9-15/h2-9,16-17H,10-11H2,1H3. The van der Waals surface area contributed by atoms with Crippen LogP contribution < -0.4 is 9.46 Å². The fraction of sp³-hybridized carbons (Fsp3) is 0.200. The average Bonchev–Trinajstić information content (AvgIpc) is 2.53. The van der Waals surface area contributed by atoms with Crippen molar-refractivity contribution in [1.82, 2.24) is 4.72 Å². The van der Waals surface area contributed by atoms with Crippen LogP contribution in [0.1, 0.15) is 11.1 Å². The van der Waals surface area contributed by atoms with E-state index in [-0.39, 0.29) is 18.0 Å². The van der Waals surface area contributed by atoms with Crippen LogP contribution in [0, 0.1) is 0 Å². The third kappa shape index (κ3) is 4.04. The van der Waals surface area contributed by atoms with Gasteiger partial charge in [0.25, 0.3) is 0 Å². The zero-order valence-electron chi connectivity index (χ0n) is 11.6. The Morgan fingerprint density at radius 1 is 1.00 bits per heavy atom. The molecule has 0 aliphatic heterocycles. The molecule has 0 spiro atoms. The SMILES string of the molecule is COc1ccc(CNS(=O)(=O)c2ccc(CO)cc2)cc1. The Bertz CT molecular complexity index is 679. The van der Waals surface area contributed by atoms with Crippen molar-refractivity contribution in [1.29, 1.82) is 0 Å². The Morgan fingerprint density at radius 2 is 1.57 bits per heavy atom. The molecule has 0 aliphatic rings. The quantitative estimate of drug-likeness (QED) is 0.851. The van der Waals surface area contributed by atoms with Gasteiger partial charge in [0.1, 0.15) is 5.75 Å². The maximum atomic E-state index is 12.1. The summed E-state index contributed by atoms with van der Waals surface area (Å²) in [5, 5.41) is 8.95. The Kier molecular flexibility index (Phi) is 4.95. The molecule has 0 atom stereocenters. The number of benzene rings is 2. The summed E-state index contributed by atoms with van der Waals surface area (Å²) in [5.74, 6) is 0.723. The average molecular weight is 307 g/mol. The van der Waals surface area contributed by atoms with E-state index in [4.69, 9.17) is 9.84 Å². The largest absolute Gasteiger partial charge is 0.497 e. The van der Waals surface area contributed by atoms with E-state index < -0.39 is 10.0 Å². The van der Waals surface area contributed by atoms with E-state index in [9.17, 15) is 8.42 Å². The summed E-state index contributed by atoms with van der Waals surface area (Å²) in [6.45, 7) is 0.0910. The Hall–Kier alpha value is -1.89. The third-order valence-corrected chi connectivity index (χ3v) is 4.46. The number of rotatable bonds is 6. The van der Waals surface area contributed by atoms with E-state index in [1.807, 2.05) is 0 Å². The van der Waals surface area contributed by atoms with Crippen LogP contribution in [0.15, 0.2) is 53.4 Å². The summed E-state index contributed by atoms with van der Waals surface area (Å²) in [6.07, 6.45) is 0. The first-order valence-electron chi connectivity index (χ1n) is 6.37. The minimum atomic E-state index is -3.56. The first kappa shape index (κ1) is 15.5. The van der Waals surface area contributed by atoms with Gasteiger partial charge < -0.3 is 9.84 Å². The van der Waals surface area contributed by atoms with Crippen LogP contribution >= 0.6 is 0 Å². The molecule has 112 valence electrons. The number of aliphatic hydroxyl groups excluding tert-OH is 1. The van der Waals surface area contributed by atoms with Crippen LogP contribution in [-0.4, -0.2) is 20.6 Å². The molecule has 6 heteroatoms. The lowest BCUT2D eigenvalue weighted by atomic mass is 10.2. The van der Waals surface area contributed by atoms with E-state index in [1.165, 1.54) is 12.1 Å². The van der Waals surface area contributed by atoms with E-state index in [1.54, 1.807) is 43.5 Å². The molecule has 5 nitrogen and oxygen atoms in total. The van der Waals surface area contributed by atoms with Crippen molar-refractivity contribution >= 4 is 10.0 Å². The molecule has 0 bridgehead atoms. The van der Waals surface area contributed by atoms with Crippen molar-refractivity contribution < 1.29 is 18.3 Å². The number of ether oxygens (including phenoxy) is 1. The maximum Gasteiger partial charge on any atom is 0.240 e. The van der Waals surface area contributed by atoms with Gasteiger partial charge in [-0.05, 0) is 35.4 Å². The Morgan fingerprint density at radius 3 is 2.10 bits per heavy atom. The van der Waals surface area contributed by atoms with Crippen molar-refractivity contribution in [3.05, 3.63) is 59.7 Å². The van der Waals surface area contributed by atoms with E-state index in [0.717, 1.165) is 11.3 Å². The molecule has 0 saturated carbocycles. The van der Waals surface area contributed by atoms with Gasteiger partial charge in [0.2, 0.25) is 10.0 Å². The van der Waals surface area contributed by atoms with Crippen LogP contribution in [0.25, 0.3) is 0 Å². The zero-order valence-corrected chi connectivity index (χ0v) is 12.4. The summed E-state index contributed by atoms with van der Waals surface area (Å²) in [7, 11) is -1.98. The summed E-state index contributed by atoms with van der Waals surface area (Å²) in [5.41, 5.74) is 1.51. The van der Waals surface area contributed by atoms with Crippen LogP contribution in [0.3, 0.4) is 0 Å². The second-order valence-corrected chi connectivity index (χ2v) is 6.24. The van der Waals surface area contributed by atoms with Gasteiger partial charge in [-0.15, -0.1) is 0 Å². The van der Waals surface area contributed by atoms with Crippen LogP contribution in [0.5, 0.6) is 5.75 Å². The van der Waals surface area contributed by atoms with E-state index >= 15 is 0 Å². The lowest BCUT2D eigenvalue weighted by Gasteiger charge is -2.08. The molecular weight excluding hydrogens is 290 g/mol. The minimum absolute atomic E-state index is 0.112. The Labute approximate surface area is 124 Å². The van der Waals surface area contributed by atoms with Crippen molar-refractivity contribution in [2.75, 3.05) is 7.11 Å². The van der Waals surface area contributed by atoms with E-state index in [0.29, 0.717) is 5.56 Å². The predicted octanol–water partition coefficient (Wildman–Crippen LogP) is 1.67. The molecule has 2 rings (SSSR count). The Balaban J connectivity index is 2.05. The monoisotopic (exact) mass is 307 g/mol. The normalized spacial score (nSPS) is 11.3. The van der Waals surface area contributed by atoms with E-state index in [2.05, 4.69) is 4.72 Å². The van der Waals surface area contributed by atoms with Crippen molar-refractivity contribution in [3.63, 3.8) is 0 Å². The number of methoxy groups -OCH3 is 1. The minimum Gasteiger partial charge on any atom is -0.497 e. The van der Waals surface area contributed by atoms with Gasteiger partial charge in [-0.3, -0.25) is 0 Å². The van der Waals surface area contributed by atoms with Crippen LogP contribution in [-0.2, 0) is 23.2 Å². The first-order valence-corrected chi connectivity index (χ1v) is 7.86. The molecule has 0 saturated heterocycles. The molecule has 0 heterocycles. The van der Waals surface area contributed by atoms with Gasteiger partial charge in [-0.1, -0.05) is 24.3 Å². The summed E-state index contributed by atoms with van der Waals surface area (Å²) in [4.78, 5) is 0.174. The van der Waals surface area contributed by atoms with Gasteiger partial charge in [-0.2, -0.15) is 0 Å². The molecule has 0 aliphatic carbocycles. The van der Waals surface area contributed by atoms with Gasteiger partial charge in [0.15, 0.2) is 0 Å². The smallest absolute Gasteiger partial charge is 0.240 e. The molecule has 2 aromatic rings. The van der Waals surface area contributed by atoms with Gasteiger partial charge in [0.05, 0.1) is 18.6 Å². The number of aliphatic hydroxyl groups is 1. The highest BCUT2D eigenvalue weighted by atomic mass is 32.2. The highest BCUT2D eigenvalue weighted by molar-refractivity contribution is 7.89. The van der Waals surface area contributed by atoms with Crippen molar-refractivity contribution in [2.24, 2.45) is 0 Å². The predicted molar refractivity (Wildman–Crippen MR) is 79.4 cm³/mol. The number of hydrogen-bond acceptors (Lipinski definition) is 4. The molecule has 21 heavy (non-hydrogen) atoms. The molecule has 0 fully saturated rings. The van der Waals surface area contributed by atoms with Gasteiger partial charge >= 0.3 is 0 Å². The lowest BCUT2D eigenvalue weighted by molar-refractivity contribution is 0.282. The highest BCUT2D eigenvalue weighted by Crippen LogP contribution is 2.13. The first-order chi connectivity index (χ1) is 10.0. The lowest BCUT2D eigenvalue weighted by Crippen LogP contribution is -2.23. The summed E-state index contributed by atoms with van der Waals surface area (Å²) in [6, 6.07) is 13.3. The number of nitrogens with one attached hydrogen (secondary N) is 1. The molecule has 0 radical (unpaired) electrons. The fourth-order valence-corrected chi connectivity index (χ4v) is 2.80. The fourth-order valence-electron chi connectivity index (χ4n) is 1.78. The topological polar surface area (TPSA) is 75.6 Å². The van der Waals surface area contributed by atoms with Crippen molar-refractivity contribution in [2.45, 2.75) is 18.0 Å². The highest BCUT2D eigenvalue weighted by Gasteiger charge is 2.13. The summed E-state index contributed by atoms with van der Waals surface area (Å²) < 4.78 is 31.8. The molecule has 0 amide bonds. The molecule has 0 unspecified atom stereocenters.